The Morgan fingerprint density at radius 1 is 1.02 bits per heavy atom. The summed E-state index contributed by atoms with van der Waals surface area (Å²) in [6, 6.07) is 8.35. The van der Waals surface area contributed by atoms with Crippen molar-refractivity contribution in [2.45, 2.75) is 108 Å². The molecule has 3 aliphatic rings. The second-order valence-corrected chi connectivity index (χ2v) is 18.0. The van der Waals surface area contributed by atoms with Crippen molar-refractivity contribution in [2.75, 3.05) is 19.0 Å². The monoisotopic (exact) mass is 883 g/mol. The molecule has 17 heteroatoms. The fourth-order valence-electron chi connectivity index (χ4n) is 8.23. The zero-order valence-corrected chi connectivity index (χ0v) is 36.8. The van der Waals surface area contributed by atoms with Gasteiger partial charge in [-0.2, -0.15) is 0 Å². The number of anilines is 1. The highest BCUT2D eigenvalue weighted by molar-refractivity contribution is 7.14. The first-order valence-electron chi connectivity index (χ1n) is 21.4. The lowest BCUT2D eigenvalue weighted by Gasteiger charge is -2.30. The number of carbonyl (C=O) groups is 5. The van der Waals surface area contributed by atoms with Crippen LogP contribution in [0.15, 0.2) is 66.1 Å². The molecule has 15 nitrogen and oxygen atoms in total. The Balaban J connectivity index is 1.19. The summed E-state index contributed by atoms with van der Waals surface area (Å²) in [7, 11) is 1.56. The number of carboxylic acid groups (broad SMARTS) is 1. The SMILES string of the molecule is COc1ccc2c(O[C@@H]3C[C@H]4C(=O)N[C@]5(C(=O)O)CC5C=CCCCCC[C@H](NC(=O)N[C@H](C(=O)c5ccc(F)cc5)C(C)C)C(=O)N4C3)cc(-c3csc(NC(C)C)n3)nc2c1. The van der Waals surface area contributed by atoms with E-state index in [2.05, 4.69) is 21.3 Å². The van der Waals surface area contributed by atoms with Crippen LogP contribution in [0.4, 0.5) is 14.3 Å². The number of aliphatic carboxylic acids is 1. The number of nitrogens with zero attached hydrogens (tertiary/aromatic N) is 3. The Labute approximate surface area is 369 Å². The van der Waals surface area contributed by atoms with Crippen LogP contribution in [0.1, 0.15) is 83.0 Å². The van der Waals surface area contributed by atoms with E-state index in [1.807, 2.05) is 37.4 Å². The lowest BCUT2D eigenvalue weighted by atomic mass is 9.95. The second-order valence-electron chi connectivity index (χ2n) is 17.1. The third kappa shape index (κ3) is 10.2. The first-order chi connectivity index (χ1) is 30.1. The Morgan fingerprint density at radius 2 is 1.79 bits per heavy atom. The molecular formula is C46H54FN7O8S. The molecule has 0 spiro atoms. The maximum absolute atomic E-state index is 14.8. The number of benzene rings is 2. The van der Waals surface area contributed by atoms with E-state index in [0.717, 1.165) is 11.6 Å². The predicted octanol–water partition coefficient (Wildman–Crippen LogP) is 6.73. The van der Waals surface area contributed by atoms with Gasteiger partial charge in [0.05, 0.1) is 30.9 Å². The molecule has 4 heterocycles. The molecule has 4 aromatic rings. The number of nitrogens with one attached hydrogen (secondary N) is 4. The van der Waals surface area contributed by atoms with Gasteiger partial charge in [0.1, 0.15) is 46.7 Å². The van der Waals surface area contributed by atoms with Gasteiger partial charge in [-0.1, -0.05) is 38.8 Å². The molecule has 1 saturated heterocycles. The third-order valence-corrected chi connectivity index (χ3v) is 12.5. The van der Waals surface area contributed by atoms with Gasteiger partial charge in [0.25, 0.3) is 0 Å². The van der Waals surface area contributed by atoms with Gasteiger partial charge < -0.3 is 40.7 Å². The molecule has 0 bridgehead atoms. The van der Waals surface area contributed by atoms with E-state index in [-0.39, 0.29) is 43.3 Å². The van der Waals surface area contributed by atoms with Crippen LogP contribution < -0.4 is 30.7 Å². The number of hydrogen-bond donors (Lipinski definition) is 5. The minimum absolute atomic E-state index is 0.0166. The van der Waals surface area contributed by atoms with Crippen LogP contribution in [0.3, 0.4) is 0 Å². The maximum Gasteiger partial charge on any atom is 0.330 e. The molecule has 5 N–H and O–H groups in total. The number of thiazole rings is 1. The average Bonchev–Trinajstić information content (AvgIpc) is 3.51. The Hall–Kier alpha value is -6.10. The summed E-state index contributed by atoms with van der Waals surface area (Å²) in [5.41, 5.74) is 0.415. The number of pyridine rings is 1. The molecule has 1 saturated carbocycles. The van der Waals surface area contributed by atoms with Crippen molar-refractivity contribution in [3.63, 3.8) is 0 Å². The molecule has 2 aliphatic heterocycles. The molecule has 63 heavy (non-hydrogen) atoms. The van der Waals surface area contributed by atoms with Crippen LogP contribution in [-0.4, -0.2) is 99.0 Å². The van der Waals surface area contributed by atoms with Crippen LogP contribution in [0, 0.1) is 17.7 Å². The van der Waals surface area contributed by atoms with Gasteiger partial charge in [-0.05, 0) is 81.8 Å². The summed E-state index contributed by atoms with van der Waals surface area (Å²) in [5, 5.41) is 25.3. The number of carboxylic acids is 1. The highest BCUT2D eigenvalue weighted by atomic mass is 32.1. The number of fused-ring (bicyclic) bond motifs is 3. The molecule has 334 valence electrons. The van der Waals surface area contributed by atoms with Crippen molar-refractivity contribution in [1.82, 2.24) is 30.8 Å². The number of amides is 4. The molecule has 2 fully saturated rings. The molecule has 1 aliphatic carbocycles. The summed E-state index contributed by atoms with van der Waals surface area (Å²) in [6.07, 6.45) is 6.20. The average molecular weight is 884 g/mol. The van der Waals surface area contributed by atoms with Crippen molar-refractivity contribution in [2.24, 2.45) is 11.8 Å². The zero-order chi connectivity index (χ0) is 45.0. The summed E-state index contributed by atoms with van der Waals surface area (Å²) >= 11 is 1.44. The zero-order valence-electron chi connectivity index (χ0n) is 36.0. The van der Waals surface area contributed by atoms with Gasteiger partial charge >= 0.3 is 12.0 Å². The topological polar surface area (TPSA) is 201 Å². The molecule has 6 atom stereocenters. The quantitative estimate of drug-likeness (QED) is 0.0747. The standard InChI is InChI=1S/C46H54FN7O8S/c1-25(2)39(40(55)27-13-15-29(47)16-14-27)52-44(60)50-33-12-10-8-6-7-9-11-28-22-46(28,43(58)59)53-41(56)37-20-31(23-54(37)42(33)57)62-38-21-35(36-24-63-45(51-36)48-26(3)4)49-34-19-30(61-5)17-18-32(34)38/h9,11,13-19,21,24-26,28,31,33,37,39H,6-8,10,12,20,22-23H2,1-5H3,(H,48,51)(H,53,56)(H,58,59)(H2,50,52,60)/t28?,31-,33+,37+,39+,46-/m1/s1. The summed E-state index contributed by atoms with van der Waals surface area (Å²) < 4.78 is 25.9. The number of allylic oxidation sites excluding steroid dienone is 1. The number of Topliss-reactive ketones (excluding diaryl/α,β-unsaturated/α-hetero) is 1. The van der Waals surface area contributed by atoms with Crippen molar-refractivity contribution >= 4 is 57.0 Å². The Bertz CT molecular complexity index is 2390. The van der Waals surface area contributed by atoms with E-state index in [0.29, 0.717) is 53.1 Å². The number of ether oxygens (including phenoxy) is 2. The number of hydrogen-bond acceptors (Lipinski definition) is 11. The van der Waals surface area contributed by atoms with E-state index in [1.165, 1.54) is 40.5 Å². The van der Waals surface area contributed by atoms with Gasteiger partial charge in [0.15, 0.2) is 10.9 Å². The van der Waals surface area contributed by atoms with E-state index >= 15 is 0 Å². The number of rotatable bonds is 12. The number of aromatic nitrogens is 2. The van der Waals surface area contributed by atoms with Gasteiger partial charge in [-0.15, -0.1) is 11.3 Å². The van der Waals surface area contributed by atoms with Gasteiger partial charge in [-0.25, -0.2) is 23.9 Å². The largest absolute Gasteiger partial charge is 0.497 e. The second kappa shape index (κ2) is 19.1. The minimum atomic E-state index is -1.52. The number of ketones is 1. The smallest absolute Gasteiger partial charge is 0.330 e. The third-order valence-electron chi connectivity index (χ3n) is 11.7. The van der Waals surface area contributed by atoms with Gasteiger partial charge in [-0.3, -0.25) is 14.4 Å². The van der Waals surface area contributed by atoms with E-state index in [9.17, 15) is 33.5 Å². The maximum atomic E-state index is 14.8. The normalized spacial score (nSPS) is 23.2. The lowest BCUT2D eigenvalue weighted by Crippen LogP contribution is -2.58. The number of carbonyl (C=O) groups excluding carboxylic acids is 4. The molecular weight excluding hydrogens is 830 g/mol. The summed E-state index contributed by atoms with van der Waals surface area (Å²) in [4.78, 5) is 80.2. The van der Waals surface area contributed by atoms with Crippen LogP contribution in [-0.2, 0) is 14.4 Å². The number of halogens is 1. The van der Waals surface area contributed by atoms with Gasteiger partial charge in [0.2, 0.25) is 11.8 Å². The Kier molecular flexibility index (Phi) is 13.6. The molecule has 1 unspecified atom stereocenters. The predicted molar refractivity (Wildman–Crippen MR) is 236 cm³/mol. The highest BCUT2D eigenvalue weighted by Crippen LogP contribution is 2.45. The fraction of sp³-hybridized carbons (Fsp3) is 0.457. The van der Waals surface area contributed by atoms with E-state index in [1.54, 1.807) is 39.2 Å². The molecule has 0 radical (unpaired) electrons. The highest BCUT2D eigenvalue weighted by Gasteiger charge is 2.61. The van der Waals surface area contributed by atoms with Crippen LogP contribution in [0.5, 0.6) is 11.5 Å². The van der Waals surface area contributed by atoms with Crippen LogP contribution >= 0.6 is 11.3 Å². The molecule has 2 aromatic carbocycles. The lowest BCUT2D eigenvalue weighted by molar-refractivity contribution is -0.145. The van der Waals surface area contributed by atoms with Crippen LogP contribution in [0.25, 0.3) is 22.3 Å². The number of urea groups is 1. The van der Waals surface area contributed by atoms with Crippen molar-refractivity contribution < 1.29 is 42.9 Å². The van der Waals surface area contributed by atoms with Gasteiger partial charge in [0, 0.05) is 46.8 Å². The summed E-state index contributed by atoms with van der Waals surface area (Å²) in [6.45, 7) is 7.51. The first kappa shape index (κ1) is 44.9. The van der Waals surface area contributed by atoms with Crippen molar-refractivity contribution in [1.29, 1.82) is 0 Å². The van der Waals surface area contributed by atoms with E-state index < -0.39 is 71.1 Å². The number of methoxy groups -OCH3 is 1. The Morgan fingerprint density at radius 3 is 2.51 bits per heavy atom. The molecule has 4 amide bonds. The molecule has 7 rings (SSSR count). The van der Waals surface area contributed by atoms with Crippen molar-refractivity contribution in [3.8, 4) is 22.9 Å². The fourth-order valence-corrected chi connectivity index (χ4v) is 9.08. The summed E-state index contributed by atoms with van der Waals surface area (Å²) in [5.74, 6) is -3.04. The molecule has 2 aromatic heterocycles. The first-order valence-corrected chi connectivity index (χ1v) is 22.3. The van der Waals surface area contributed by atoms with E-state index in [4.69, 9.17) is 19.4 Å². The minimum Gasteiger partial charge on any atom is -0.497 e. The van der Waals surface area contributed by atoms with Crippen molar-refractivity contribution in [3.05, 3.63) is 77.4 Å². The van der Waals surface area contributed by atoms with Crippen LogP contribution in [0.2, 0.25) is 0 Å².